The average molecular weight is 401 g/mol. The Labute approximate surface area is 162 Å². The van der Waals surface area contributed by atoms with E-state index in [9.17, 15) is 12.8 Å². The van der Waals surface area contributed by atoms with Crippen LogP contribution in [0.2, 0.25) is 0 Å². The minimum Gasteiger partial charge on any atom is -0.339 e. The van der Waals surface area contributed by atoms with Crippen molar-refractivity contribution in [1.29, 1.82) is 0 Å². The molecule has 4 rings (SSSR count). The highest BCUT2D eigenvalue weighted by atomic mass is 32.2. The zero-order chi connectivity index (χ0) is 19.7. The number of piperidine rings is 1. The van der Waals surface area contributed by atoms with E-state index in [-0.39, 0.29) is 23.3 Å². The van der Waals surface area contributed by atoms with Crippen molar-refractivity contribution in [2.75, 3.05) is 13.1 Å². The summed E-state index contributed by atoms with van der Waals surface area (Å²) in [6, 6.07) is 6.41. The summed E-state index contributed by atoms with van der Waals surface area (Å²) in [6.45, 7) is 0.684. The number of aryl methyl sites for hydroxylation is 1. The molecule has 0 aliphatic carbocycles. The standard InChI is InChI=1S/C19H20FN5O2S/c1-24-12-17(23-13-24)28(26,27)25-10-4-5-14(11-25)18-19(22-9-8-21-18)15-6-2-3-7-16(15)20/h2-3,6-9,12-14H,4-5,10-11H2,1H3. The summed E-state index contributed by atoms with van der Waals surface area (Å²) in [7, 11) is -1.96. The van der Waals surface area contributed by atoms with Crippen LogP contribution in [0.4, 0.5) is 4.39 Å². The van der Waals surface area contributed by atoms with Gasteiger partial charge >= 0.3 is 0 Å². The molecule has 1 aromatic carbocycles. The lowest BCUT2D eigenvalue weighted by atomic mass is 9.92. The van der Waals surface area contributed by atoms with Gasteiger partial charge in [0.05, 0.1) is 17.7 Å². The van der Waals surface area contributed by atoms with Gasteiger partial charge in [-0.2, -0.15) is 4.31 Å². The molecule has 0 amide bonds. The fraction of sp³-hybridized carbons (Fsp3) is 0.316. The lowest BCUT2D eigenvalue weighted by molar-refractivity contribution is 0.312. The maximum Gasteiger partial charge on any atom is 0.262 e. The van der Waals surface area contributed by atoms with Crippen LogP contribution < -0.4 is 0 Å². The van der Waals surface area contributed by atoms with Crippen molar-refractivity contribution < 1.29 is 12.8 Å². The van der Waals surface area contributed by atoms with Crippen LogP contribution in [0.5, 0.6) is 0 Å². The summed E-state index contributed by atoms with van der Waals surface area (Å²) in [5.74, 6) is -0.548. The Bertz CT molecular complexity index is 1100. The molecule has 146 valence electrons. The van der Waals surface area contributed by atoms with Gasteiger partial charge in [-0.05, 0) is 25.0 Å². The van der Waals surface area contributed by atoms with Crippen molar-refractivity contribution in [3.8, 4) is 11.3 Å². The molecule has 1 fully saturated rings. The molecule has 0 bridgehead atoms. The van der Waals surface area contributed by atoms with Gasteiger partial charge in [0.15, 0.2) is 5.03 Å². The predicted molar refractivity (Wildman–Crippen MR) is 101 cm³/mol. The fourth-order valence-corrected chi connectivity index (χ4v) is 5.04. The van der Waals surface area contributed by atoms with Crippen LogP contribution in [0, 0.1) is 5.82 Å². The second-order valence-corrected chi connectivity index (χ2v) is 8.73. The summed E-state index contributed by atoms with van der Waals surface area (Å²) in [5.41, 5.74) is 1.45. The topological polar surface area (TPSA) is 81.0 Å². The molecule has 9 heteroatoms. The molecule has 1 atom stereocenters. The van der Waals surface area contributed by atoms with Crippen molar-refractivity contribution >= 4 is 10.0 Å². The van der Waals surface area contributed by atoms with Gasteiger partial charge in [0.1, 0.15) is 5.82 Å². The molecular weight excluding hydrogens is 381 g/mol. The molecule has 0 radical (unpaired) electrons. The first-order valence-electron chi connectivity index (χ1n) is 9.01. The number of hydrogen-bond acceptors (Lipinski definition) is 5. The van der Waals surface area contributed by atoms with E-state index in [1.165, 1.54) is 29.1 Å². The van der Waals surface area contributed by atoms with Gasteiger partial charge in [0, 0.05) is 50.2 Å². The largest absolute Gasteiger partial charge is 0.339 e. The molecule has 0 saturated carbocycles. The predicted octanol–water partition coefficient (Wildman–Crippen LogP) is 2.58. The van der Waals surface area contributed by atoms with E-state index in [4.69, 9.17) is 0 Å². The number of sulfonamides is 1. The highest BCUT2D eigenvalue weighted by Gasteiger charge is 2.34. The molecule has 1 aliphatic rings. The van der Waals surface area contributed by atoms with Crippen LogP contribution in [0.25, 0.3) is 11.3 Å². The smallest absolute Gasteiger partial charge is 0.262 e. The quantitative estimate of drug-likeness (QED) is 0.671. The lowest BCUT2D eigenvalue weighted by Crippen LogP contribution is -2.39. The van der Waals surface area contributed by atoms with Gasteiger partial charge in [-0.15, -0.1) is 0 Å². The second kappa shape index (κ2) is 7.40. The molecule has 7 nitrogen and oxygen atoms in total. The Hall–Kier alpha value is -2.65. The lowest BCUT2D eigenvalue weighted by Gasteiger charge is -2.31. The normalized spacial score (nSPS) is 18.3. The van der Waals surface area contributed by atoms with Gasteiger partial charge in [0.25, 0.3) is 10.0 Å². The Morgan fingerprint density at radius 1 is 1.14 bits per heavy atom. The maximum atomic E-state index is 14.3. The van der Waals surface area contributed by atoms with Gasteiger partial charge in [-0.1, -0.05) is 12.1 Å². The van der Waals surface area contributed by atoms with Crippen molar-refractivity contribution in [2.45, 2.75) is 23.8 Å². The third-order valence-corrected chi connectivity index (χ3v) is 6.66. The Morgan fingerprint density at radius 2 is 1.93 bits per heavy atom. The number of nitrogens with zero attached hydrogens (tertiary/aromatic N) is 5. The molecule has 0 spiro atoms. The van der Waals surface area contributed by atoms with Gasteiger partial charge in [-0.3, -0.25) is 9.97 Å². The summed E-state index contributed by atoms with van der Waals surface area (Å²) in [4.78, 5) is 12.8. The summed E-state index contributed by atoms with van der Waals surface area (Å²) < 4.78 is 43.2. The van der Waals surface area contributed by atoms with Crippen molar-refractivity contribution in [3.05, 3.63) is 60.7 Å². The fourth-order valence-electron chi connectivity index (χ4n) is 3.55. The monoisotopic (exact) mass is 401 g/mol. The SMILES string of the molecule is Cn1cnc(S(=O)(=O)N2CCCC(c3nccnc3-c3ccccc3F)C2)c1. The van der Waals surface area contributed by atoms with Gasteiger partial charge in [0.2, 0.25) is 0 Å². The third kappa shape index (κ3) is 3.43. The first-order chi connectivity index (χ1) is 13.5. The van der Waals surface area contributed by atoms with Crippen molar-refractivity contribution in [3.63, 3.8) is 0 Å². The summed E-state index contributed by atoms with van der Waals surface area (Å²) in [5, 5.41) is 0.0316. The number of benzene rings is 1. The van der Waals surface area contributed by atoms with Gasteiger partial charge < -0.3 is 4.57 Å². The minimum absolute atomic E-state index is 0.0316. The number of rotatable bonds is 4. The molecule has 2 aromatic heterocycles. The molecule has 3 aromatic rings. The average Bonchev–Trinajstić information content (AvgIpc) is 3.16. The molecule has 1 unspecified atom stereocenters. The number of aromatic nitrogens is 4. The van der Waals surface area contributed by atoms with E-state index in [0.29, 0.717) is 29.9 Å². The highest BCUT2D eigenvalue weighted by molar-refractivity contribution is 7.89. The van der Waals surface area contributed by atoms with Crippen LogP contribution in [-0.2, 0) is 17.1 Å². The van der Waals surface area contributed by atoms with E-state index in [1.807, 2.05) is 0 Å². The third-order valence-electron chi connectivity index (χ3n) is 4.91. The van der Waals surface area contributed by atoms with Crippen LogP contribution >= 0.6 is 0 Å². The zero-order valence-electron chi connectivity index (χ0n) is 15.4. The number of imidazole rings is 1. The van der Waals surface area contributed by atoms with E-state index in [2.05, 4.69) is 15.0 Å². The molecule has 1 aliphatic heterocycles. The van der Waals surface area contributed by atoms with E-state index < -0.39 is 10.0 Å². The Balaban J connectivity index is 1.67. The number of halogens is 1. The second-order valence-electron chi connectivity index (χ2n) is 6.85. The van der Waals surface area contributed by atoms with Crippen molar-refractivity contribution in [2.24, 2.45) is 7.05 Å². The molecule has 0 N–H and O–H groups in total. The Kier molecular flexibility index (Phi) is 4.94. The van der Waals surface area contributed by atoms with Crippen LogP contribution in [-0.4, -0.2) is 45.3 Å². The van der Waals surface area contributed by atoms with Crippen molar-refractivity contribution in [1.82, 2.24) is 23.8 Å². The first-order valence-corrected chi connectivity index (χ1v) is 10.4. The minimum atomic E-state index is -3.69. The van der Waals surface area contributed by atoms with E-state index in [1.54, 1.807) is 36.0 Å². The Morgan fingerprint density at radius 3 is 2.68 bits per heavy atom. The van der Waals surface area contributed by atoms with Crippen LogP contribution in [0.15, 0.2) is 54.2 Å². The highest BCUT2D eigenvalue weighted by Crippen LogP contribution is 2.34. The first kappa shape index (κ1) is 18.7. The van der Waals surface area contributed by atoms with E-state index in [0.717, 1.165) is 6.42 Å². The number of hydrogen-bond donors (Lipinski definition) is 0. The zero-order valence-corrected chi connectivity index (χ0v) is 16.2. The molecule has 28 heavy (non-hydrogen) atoms. The van der Waals surface area contributed by atoms with Crippen LogP contribution in [0.3, 0.4) is 0 Å². The van der Waals surface area contributed by atoms with Crippen LogP contribution in [0.1, 0.15) is 24.5 Å². The van der Waals surface area contributed by atoms with Gasteiger partial charge in [-0.25, -0.2) is 17.8 Å². The molecular formula is C19H20FN5O2S. The summed E-state index contributed by atoms with van der Waals surface area (Å²) >= 11 is 0. The summed E-state index contributed by atoms with van der Waals surface area (Å²) in [6.07, 6.45) is 7.49. The molecule has 1 saturated heterocycles. The van der Waals surface area contributed by atoms with E-state index >= 15 is 0 Å². The molecule has 3 heterocycles. The maximum absolute atomic E-state index is 14.3.